The van der Waals surface area contributed by atoms with E-state index in [1.807, 2.05) is 0 Å². The second-order valence-corrected chi connectivity index (χ2v) is 2.79. The van der Waals surface area contributed by atoms with E-state index >= 15 is 0 Å². The first-order valence-corrected chi connectivity index (χ1v) is 4.13. The summed E-state index contributed by atoms with van der Waals surface area (Å²) in [5.41, 5.74) is 8.02. The highest BCUT2D eigenvalue weighted by atomic mass is 16.2. The number of azide groups is 1. The minimum Gasteiger partial charge on any atom is -0.343 e. The van der Waals surface area contributed by atoms with Crippen molar-refractivity contribution in [1.29, 1.82) is 0 Å². The maximum atomic E-state index is 11.2. The smallest absolute Gasteiger partial charge is 0.222 e. The van der Waals surface area contributed by atoms with Crippen LogP contribution < -0.4 is 0 Å². The molecule has 5 nitrogen and oxygen atoms in total. The van der Waals surface area contributed by atoms with Crippen LogP contribution in [0.5, 0.6) is 0 Å². The molecular weight excluding hydrogens is 156 g/mol. The van der Waals surface area contributed by atoms with Crippen molar-refractivity contribution in [1.82, 2.24) is 4.90 Å². The number of carbonyl (C=O) groups excluding carboxylic acids is 1. The molecule has 12 heavy (non-hydrogen) atoms. The Morgan fingerprint density at radius 1 is 1.58 bits per heavy atom. The molecule has 5 heteroatoms. The number of likely N-dealkylation sites (tertiary alicyclic amines) is 1. The summed E-state index contributed by atoms with van der Waals surface area (Å²) in [6.07, 6.45) is 2.72. The van der Waals surface area contributed by atoms with Crippen LogP contribution in [0.1, 0.15) is 19.3 Å². The summed E-state index contributed by atoms with van der Waals surface area (Å²) in [5.74, 6) is 0.189. The van der Waals surface area contributed by atoms with Gasteiger partial charge in [0.2, 0.25) is 5.91 Å². The maximum absolute atomic E-state index is 11.2. The summed E-state index contributed by atoms with van der Waals surface area (Å²) in [5, 5.41) is 3.39. The first-order chi connectivity index (χ1) is 5.84. The monoisotopic (exact) mass is 168 g/mol. The average molecular weight is 168 g/mol. The Labute approximate surface area is 71.0 Å². The molecule has 0 atom stereocenters. The van der Waals surface area contributed by atoms with Gasteiger partial charge >= 0.3 is 0 Å². The minimum atomic E-state index is 0.189. The van der Waals surface area contributed by atoms with Gasteiger partial charge in [-0.3, -0.25) is 4.79 Å². The lowest BCUT2D eigenvalue weighted by Gasteiger charge is -2.25. The van der Waals surface area contributed by atoms with Gasteiger partial charge in [-0.05, 0) is 18.4 Å². The number of rotatable bonds is 3. The molecule has 1 heterocycles. The van der Waals surface area contributed by atoms with E-state index in [2.05, 4.69) is 10.0 Å². The molecule has 1 saturated heterocycles. The van der Waals surface area contributed by atoms with Crippen molar-refractivity contribution in [3.63, 3.8) is 0 Å². The van der Waals surface area contributed by atoms with Gasteiger partial charge < -0.3 is 4.90 Å². The van der Waals surface area contributed by atoms with Crippen LogP contribution in [0.3, 0.4) is 0 Å². The first-order valence-electron chi connectivity index (χ1n) is 4.13. The molecule has 1 fully saturated rings. The van der Waals surface area contributed by atoms with Crippen molar-refractivity contribution in [3.05, 3.63) is 10.4 Å². The molecule has 0 N–H and O–H groups in total. The standard InChI is InChI=1S/C7H12N4O/c8-10-9-4-6-11-5-2-1-3-7(11)12/h1-6H2. The molecule has 0 aliphatic carbocycles. The molecule has 1 rings (SSSR count). The fourth-order valence-electron chi connectivity index (χ4n) is 1.31. The highest BCUT2D eigenvalue weighted by molar-refractivity contribution is 5.76. The lowest BCUT2D eigenvalue weighted by atomic mass is 10.1. The van der Waals surface area contributed by atoms with Crippen LogP contribution in [-0.2, 0) is 4.79 Å². The van der Waals surface area contributed by atoms with Crippen LogP contribution >= 0.6 is 0 Å². The fraction of sp³-hybridized carbons (Fsp3) is 0.857. The third-order valence-electron chi connectivity index (χ3n) is 1.95. The number of hydrogen-bond donors (Lipinski definition) is 0. The summed E-state index contributed by atoms with van der Waals surface area (Å²) < 4.78 is 0. The zero-order valence-electron chi connectivity index (χ0n) is 6.94. The molecule has 66 valence electrons. The lowest BCUT2D eigenvalue weighted by Crippen LogP contribution is -2.36. The van der Waals surface area contributed by atoms with E-state index in [4.69, 9.17) is 5.53 Å². The van der Waals surface area contributed by atoms with E-state index in [0.717, 1.165) is 19.4 Å². The summed E-state index contributed by atoms with van der Waals surface area (Å²) in [6, 6.07) is 0. The number of carbonyl (C=O) groups is 1. The Kier molecular flexibility index (Phi) is 3.41. The SMILES string of the molecule is [N-]=[N+]=NCCN1CCCCC1=O. The van der Waals surface area contributed by atoms with Gasteiger partial charge in [0.05, 0.1) is 0 Å². The second kappa shape index (κ2) is 4.62. The molecule has 1 amide bonds. The van der Waals surface area contributed by atoms with Gasteiger partial charge in [-0.25, -0.2) is 0 Å². The zero-order chi connectivity index (χ0) is 8.81. The van der Waals surface area contributed by atoms with Gasteiger partial charge in [0.15, 0.2) is 0 Å². The van der Waals surface area contributed by atoms with E-state index in [9.17, 15) is 4.79 Å². The van der Waals surface area contributed by atoms with Crippen molar-refractivity contribution in [2.75, 3.05) is 19.6 Å². The van der Waals surface area contributed by atoms with Crippen LogP contribution in [0, 0.1) is 0 Å². The third kappa shape index (κ3) is 2.43. The third-order valence-corrected chi connectivity index (χ3v) is 1.95. The topological polar surface area (TPSA) is 69.1 Å². The van der Waals surface area contributed by atoms with E-state index in [1.54, 1.807) is 4.90 Å². The quantitative estimate of drug-likeness (QED) is 0.356. The van der Waals surface area contributed by atoms with Gasteiger partial charge in [-0.1, -0.05) is 5.11 Å². The van der Waals surface area contributed by atoms with E-state index in [-0.39, 0.29) is 5.91 Å². The number of amides is 1. The van der Waals surface area contributed by atoms with E-state index in [1.165, 1.54) is 0 Å². The Balaban J connectivity index is 2.29. The van der Waals surface area contributed by atoms with Crippen LogP contribution in [0.4, 0.5) is 0 Å². The highest BCUT2D eigenvalue weighted by Gasteiger charge is 2.16. The summed E-state index contributed by atoms with van der Waals surface area (Å²) in [7, 11) is 0. The van der Waals surface area contributed by atoms with Crippen LogP contribution in [-0.4, -0.2) is 30.4 Å². The normalized spacial score (nSPS) is 17.3. The molecule has 1 aliphatic rings. The summed E-state index contributed by atoms with van der Waals surface area (Å²) in [6.45, 7) is 1.78. The minimum absolute atomic E-state index is 0.189. The molecule has 0 aromatic carbocycles. The predicted molar refractivity (Wildman–Crippen MR) is 44.4 cm³/mol. The van der Waals surface area contributed by atoms with Gasteiger partial charge in [0, 0.05) is 31.0 Å². The Hall–Kier alpha value is -1.22. The number of hydrogen-bond acceptors (Lipinski definition) is 2. The second-order valence-electron chi connectivity index (χ2n) is 2.79. The average Bonchev–Trinajstić information content (AvgIpc) is 2.09. The van der Waals surface area contributed by atoms with Crippen molar-refractivity contribution in [3.8, 4) is 0 Å². The van der Waals surface area contributed by atoms with Crippen LogP contribution in [0.25, 0.3) is 10.4 Å². The molecule has 0 aromatic heterocycles. The number of nitrogens with zero attached hydrogens (tertiary/aromatic N) is 4. The Morgan fingerprint density at radius 2 is 2.42 bits per heavy atom. The molecule has 0 spiro atoms. The zero-order valence-corrected chi connectivity index (χ0v) is 6.94. The Bertz CT molecular complexity index is 209. The summed E-state index contributed by atoms with van der Waals surface area (Å²) >= 11 is 0. The Morgan fingerprint density at radius 3 is 3.08 bits per heavy atom. The molecule has 0 unspecified atom stereocenters. The van der Waals surface area contributed by atoms with E-state index < -0.39 is 0 Å². The molecule has 1 aliphatic heterocycles. The maximum Gasteiger partial charge on any atom is 0.222 e. The predicted octanol–water partition coefficient (Wildman–Crippen LogP) is 1.31. The summed E-state index contributed by atoms with van der Waals surface area (Å²) in [4.78, 5) is 15.6. The van der Waals surface area contributed by atoms with Crippen LogP contribution in [0.2, 0.25) is 0 Å². The van der Waals surface area contributed by atoms with Gasteiger partial charge in [-0.2, -0.15) is 0 Å². The van der Waals surface area contributed by atoms with Crippen molar-refractivity contribution in [2.24, 2.45) is 5.11 Å². The van der Waals surface area contributed by atoms with Gasteiger partial charge in [0.1, 0.15) is 0 Å². The first kappa shape index (κ1) is 8.87. The van der Waals surface area contributed by atoms with Crippen LogP contribution in [0.15, 0.2) is 5.11 Å². The molecule has 0 aromatic rings. The molecule has 0 saturated carbocycles. The highest BCUT2D eigenvalue weighted by Crippen LogP contribution is 2.09. The lowest BCUT2D eigenvalue weighted by molar-refractivity contribution is -0.133. The number of piperidine rings is 1. The van der Waals surface area contributed by atoms with Gasteiger partial charge in [-0.15, -0.1) is 0 Å². The molecule has 0 bridgehead atoms. The van der Waals surface area contributed by atoms with Gasteiger partial charge in [0.25, 0.3) is 0 Å². The van der Waals surface area contributed by atoms with Crippen molar-refractivity contribution >= 4 is 5.91 Å². The van der Waals surface area contributed by atoms with Crippen molar-refractivity contribution in [2.45, 2.75) is 19.3 Å². The fourth-order valence-corrected chi connectivity index (χ4v) is 1.31. The van der Waals surface area contributed by atoms with E-state index in [0.29, 0.717) is 19.5 Å². The largest absolute Gasteiger partial charge is 0.343 e. The van der Waals surface area contributed by atoms with Crippen molar-refractivity contribution < 1.29 is 4.79 Å². The molecular formula is C7H12N4O. The molecule has 0 radical (unpaired) electrons.